The highest BCUT2D eigenvalue weighted by Crippen LogP contribution is 2.40. The Morgan fingerprint density at radius 1 is 1.19 bits per heavy atom. The first-order valence-electron chi connectivity index (χ1n) is 10.4. The van der Waals surface area contributed by atoms with E-state index in [-0.39, 0.29) is 21.9 Å². The molecule has 1 aliphatic heterocycles. The molecule has 32 heavy (non-hydrogen) atoms. The van der Waals surface area contributed by atoms with Gasteiger partial charge >= 0.3 is 0 Å². The Balaban J connectivity index is 2.08. The van der Waals surface area contributed by atoms with Gasteiger partial charge in [-0.2, -0.15) is 0 Å². The fourth-order valence-electron chi connectivity index (χ4n) is 3.74. The molecule has 1 amide bonds. The van der Waals surface area contributed by atoms with Gasteiger partial charge in [0.2, 0.25) is 0 Å². The molecular weight excluding hydrogens is 435 g/mol. The van der Waals surface area contributed by atoms with Crippen LogP contribution >= 0.6 is 11.6 Å². The van der Waals surface area contributed by atoms with Crippen LogP contribution in [-0.4, -0.2) is 60.4 Å². The monoisotopic (exact) mass is 460 g/mol. The van der Waals surface area contributed by atoms with Gasteiger partial charge < -0.3 is 19.6 Å². The third kappa shape index (κ3) is 4.95. The molecule has 1 N–H and O–H groups in total. The van der Waals surface area contributed by atoms with Gasteiger partial charge in [-0.3, -0.25) is 9.59 Å². The van der Waals surface area contributed by atoms with Crippen molar-refractivity contribution in [2.45, 2.75) is 19.4 Å². The van der Waals surface area contributed by atoms with Crippen molar-refractivity contribution < 1.29 is 23.8 Å². The Hall–Kier alpha value is -2.90. The van der Waals surface area contributed by atoms with E-state index in [0.717, 1.165) is 0 Å². The minimum Gasteiger partial charge on any atom is -0.507 e. The molecule has 6 nitrogen and oxygen atoms in total. The summed E-state index contributed by atoms with van der Waals surface area (Å²) in [6.07, 6.45) is 0.632. The van der Waals surface area contributed by atoms with E-state index in [4.69, 9.17) is 16.3 Å². The fourth-order valence-corrected chi connectivity index (χ4v) is 3.97. The van der Waals surface area contributed by atoms with Gasteiger partial charge in [-0.25, -0.2) is 4.39 Å². The number of aliphatic hydroxyl groups excluding tert-OH is 1. The normalized spacial score (nSPS) is 17.9. The van der Waals surface area contributed by atoms with Crippen molar-refractivity contribution in [2.75, 3.05) is 33.8 Å². The quantitative estimate of drug-likeness (QED) is 0.362. The molecule has 0 bridgehead atoms. The van der Waals surface area contributed by atoms with Gasteiger partial charge in [0.25, 0.3) is 11.7 Å². The number of rotatable bonds is 8. The maximum atomic E-state index is 13.5. The summed E-state index contributed by atoms with van der Waals surface area (Å²) < 4.78 is 19.0. The number of halogens is 2. The number of carbonyl (C=O) groups excluding carboxylic acids is 2. The van der Waals surface area contributed by atoms with Crippen LogP contribution in [0.2, 0.25) is 5.02 Å². The minimum atomic E-state index is -0.830. The first-order chi connectivity index (χ1) is 15.2. The van der Waals surface area contributed by atoms with Gasteiger partial charge in [-0.1, -0.05) is 23.7 Å². The van der Waals surface area contributed by atoms with E-state index in [9.17, 15) is 19.1 Å². The number of likely N-dealkylation sites (tertiary alicyclic amines) is 1. The number of carbonyl (C=O) groups is 2. The third-order valence-corrected chi connectivity index (χ3v) is 5.53. The Kier molecular flexibility index (Phi) is 7.53. The van der Waals surface area contributed by atoms with Crippen molar-refractivity contribution in [1.82, 2.24) is 9.80 Å². The van der Waals surface area contributed by atoms with Gasteiger partial charge in [0, 0.05) is 12.1 Å². The highest BCUT2D eigenvalue weighted by atomic mass is 35.5. The summed E-state index contributed by atoms with van der Waals surface area (Å²) >= 11 is 6.25. The summed E-state index contributed by atoms with van der Waals surface area (Å²) in [6, 6.07) is 9.40. The average molecular weight is 461 g/mol. The van der Waals surface area contributed by atoms with Crippen molar-refractivity contribution in [2.24, 2.45) is 0 Å². The second-order valence-corrected chi connectivity index (χ2v) is 8.19. The Bertz CT molecular complexity index is 1040. The lowest BCUT2D eigenvalue weighted by molar-refractivity contribution is -0.139. The number of Topliss-reactive ketones (excluding diaryl/α,β-unsaturated/α-hetero) is 1. The number of hydrogen-bond donors (Lipinski definition) is 1. The Labute approximate surface area is 191 Å². The molecule has 2 aromatic carbocycles. The maximum Gasteiger partial charge on any atom is 0.295 e. The Morgan fingerprint density at radius 2 is 1.88 bits per heavy atom. The molecule has 1 saturated heterocycles. The zero-order valence-electron chi connectivity index (χ0n) is 18.3. The summed E-state index contributed by atoms with van der Waals surface area (Å²) in [7, 11) is 3.84. The van der Waals surface area contributed by atoms with Crippen LogP contribution in [0.25, 0.3) is 5.76 Å². The van der Waals surface area contributed by atoms with E-state index in [1.807, 2.05) is 25.9 Å². The predicted octanol–water partition coefficient (Wildman–Crippen LogP) is 4.25. The van der Waals surface area contributed by atoms with E-state index in [0.29, 0.717) is 37.4 Å². The van der Waals surface area contributed by atoms with Crippen molar-refractivity contribution in [1.29, 1.82) is 0 Å². The molecule has 170 valence electrons. The lowest BCUT2D eigenvalue weighted by Crippen LogP contribution is -2.32. The number of aliphatic hydroxyl groups is 1. The molecule has 0 aromatic heterocycles. The summed E-state index contributed by atoms with van der Waals surface area (Å²) in [5.41, 5.74) is 0.776. The van der Waals surface area contributed by atoms with Crippen LogP contribution in [0.1, 0.15) is 30.5 Å². The smallest absolute Gasteiger partial charge is 0.295 e. The summed E-state index contributed by atoms with van der Waals surface area (Å²) in [4.78, 5) is 29.3. The van der Waals surface area contributed by atoms with E-state index in [1.54, 1.807) is 12.1 Å². The highest BCUT2D eigenvalue weighted by Gasteiger charge is 2.45. The molecule has 2 aromatic rings. The largest absolute Gasteiger partial charge is 0.507 e. The topological polar surface area (TPSA) is 70.1 Å². The molecule has 0 aliphatic carbocycles. The number of hydrogen-bond acceptors (Lipinski definition) is 5. The highest BCUT2D eigenvalue weighted by molar-refractivity contribution is 6.46. The molecule has 3 rings (SSSR count). The van der Waals surface area contributed by atoms with Crippen LogP contribution in [0.5, 0.6) is 5.75 Å². The van der Waals surface area contributed by atoms with Crippen molar-refractivity contribution in [3.63, 3.8) is 0 Å². The molecule has 0 saturated carbocycles. The second-order valence-electron chi connectivity index (χ2n) is 7.78. The molecule has 1 atom stereocenters. The third-order valence-electron chi connectivity index (χ3n) is 5.24. The van der Waals surface area contributed by atoms with E-state index in [2.05, 4.69) is 0 Å². The number of amides is 1. The van der Waals surface area contributed by atoms with Crippen LogP contribution < -0.4 is 4.74 Å². The standard InChI is InChI=1S/C24H26ClFN2O4/c1-4-32-19-11-8-16(14-18(19)25)22(29)20-21(15-6-9-17(26)10-7-15)28(24(31)23(20)30)13-5-12-27(2)3/h6-11,14,21,29H,4-5,12-13H2,1-3H3/t21-/m0/s1. The van der Waals surface area contributed by atoms with Gasteiger partial charge in [0.05, 0.1) is 23.2 Å². The zero-order chi connectivity index (χ0) is 23.4. The van der Waals surface area contributed by atoms with Crippen LogP contribution in [0.3, 0.4) is 0 Å². The molecule has 0 unspecified atom stereocenters. The molecule has 8 heteroatoms. The first-order valence-corrected chi connectivity index (χ1v) is 10.7. The van der Waals surface area contributed by atoms with Crippen LogP contribution in [0.4, 0.5) is 4.39 Å². The number of ether oxygens (including phenoxy) is 1. The lowest BCUT2D eigenvalue weighted by atomic mass is 9.95. The summed E-state index contributed by atoms with van der Waals surface area (Å²) in [5, 5.41) is 11.3. The van der Waals surface area contributed by atoms with Gasteiger partial charge in [0.1, 0.15) is 17.3 Å². The summed E-state index contributed by atoms with van der Waals surface area (Å²) in [6.45, 7) is 3.28. The average Bonchev–Trinajstić information content (AvgIpc) is 3.00. The second kappa shape index (κ2) is 10.1. The summed E-state index contributed by atoms with van der Waals surface area (Å²) in [5.74, 6) is -1.80. The number of ketones is 1. The Morgan fingerprint density at radius 3 is 2.47 bits per heavy atom. The van der Waals surface area contributed by atoms with Crippen LogP contribution in [0.15, 0.2) is 48.0 Å². The fraction of sp³-hybridized carbons (Fsp3) is 0.333. The zero-order valence-corrected chi connectivity index (χ0v) is 19.0. The lowest BCUT2D eigenvalue weighted by Gasteiger charge is -2.26. The predicted molar refractivity (Wildman–Crippen MR) is 121 cm³/mol. The number of benzene rings is 2. The van der Waals surface area contributed by atoms with Crippen molar-refractivity contribution in [3.05, 3.63) is 70.0 Å². The SMILES string of the molecule is CCOc1ccc(C(O)=C2C(=O)C(=O)N(CCCN(C)C)[C@H]2c2ccc(F)cc2)cc1Cl. The van der Waals surface area contributed by atoms with Crippen LogP contribution in [0, 0.1) is 5.82 Å². The first kappa shape index (κ1) is 23.8. The van der Waals surface area contributed by atoms with Gasteiger partial charge in [0.15, 0.2) is 0 Å². The molecule has 1 aliphatic rings. The molecule has 1 heterocycles. The minimum absolute atomic E-state index is 0.0494. The van der Waals surface area contributed by atoms with E-state index < -0.39 is 23.5 Å². The van der Waals surface area contributed by atoms with Gasteiger partial charge in [-0.15, -0.1) is 0 Å². The van der Waals surface area contributed by atoms with Crippen LogP contribution in [-0.2, 0) is 9.59 Å². The van der Waals surface area contributed by atoms with Crippen molar-refractivity contribution >= 4 is 29.1 Å². The number of nitrogens with zero attached hydrogens (tertiary/aromatic N) is 2. The molecular formula is C24H26ClFN2O4. The molecule has 1 fully saturated rings. The van der Waals surface area contributed by atoms with Gasteiger partial charge in [-0.05, 0) is 69.9 Å². The maximum absolute atomic E-state index is 13.5. The molecule has 0 spiro atoms. The van der Waals surface area contributed by atoms with Crippen molar-refractivity contribution in [3.8, 4) is 5.75 Å². The van der Waals surface area contributed by atoms with E-state index in [1.165, 1.54) is 35.2 Å². The van der Waals surface area contributed by atoms with E-state index >= 15 is 0 Å². The molecule has 0 radical (unpaired) electrons.